The lowest BCUT2D eigenvalue weighted by molar-refractivity contribution is -0.145. The van der Waals surface area contributed by atoms with E-state index in [1.807, 2.05) is 13.8 Å². The van der Waals surface area contributed by atoms with E-state index in [0.717, 1.165) is 0 Å². The van der Waals surface area contributed by atoms with Crippen molar-refractivity contribution in [1.29, 1.82) is 0 Å². The maximum atomic E-state index is 11.7. The minimum absolute atomic E-state index is 0.0516. The number of carboxylic acid groups (broad SMARTS) is 2. The van der Waals surface area contributed by atoms with Crippen LogP contribution in [0.3, 0.4) is 0 Å². The summed E-state index contributed by atoms with van der Waals surface area (Å²) in [7, 11) is 0. The average molecular weight is 333 g/mol. The lowest BCUT2D eigenvalue weighted by Gasteiger charge is -2.27. The number of thiazole rings is 1. The Morgan fingerprint density at radius 2 is 2.24 bits per heavy atom. The van der Waals surface area contributed by atoms with Gasteiger partial charge in [-0.3, -0.25) is 14.9 Å². The van der Waals surface area contributed by atoms with Gasteiger partial charge in [0.15, 0.2) is 4.47 Å². The summed E-state index contributed by atoms with van der Waals surface area (Å²) in [5.74, 6) is -2.70. The fourth-order valence-electron chi connectivity index (χ4n) is 2.93. The zero-order valence-corrected chi connectivity index (χ0v) is 13.2. The molecule has 0 amide bonds. The van der Waals surface area contributed by atoms with E-state index in [-0.39, 0.29) is 12.3 Å². The van der Waals surface area contributed by atoms with Gasteiger partial charge in [0.1, 0.15) is 5.54 Å². The van der Waals surface area contributed by atoms with Gasteiger partial charge in [0, 0.05) is 11.1 Å². The molecule has 0 bridgehead atoms. The highest BCUT2D eigenvalue weighted by Gasteiger charge is 2.53. The molecule has 3 atom stereocenters. The Bertz CT molecular complexity index is 562. The molecule has 1 aliphatic heterocycles. The molecule has 1 saturated heterocycles. The third-order valence-electron chi connectivity index (χ3n) is 3.69. The van der Waals surface area contributed by atoms with Crippen LogP contribution in [0.15, 0.2) is 6.20 Å². The SMILES string of the molecule is CC(C)C[C@@]1(C(=O)O)C[C@H](C(=O)O)[C@H](c2cnc(Cl)s2)N1. The summed E-state index contributed by atoms with van der Waals surface area (Å²) < 4.78 is 0.313. The van der Waals surface area contributed by atoms with Gasteiger partial charge in [0.05, 0.1) is 12.0 Å². The second kappa shape index (κ2) is 5.90. The first-order chi connectivity index (χ1) is 9.75. The van der Waals surface area contributed by atoms with E-state index in [9.17, 15) is 19.8 Å². The summed E-state index contributed by atoms with van der Waals surface area (Å²) in [6.07, 6.45) is 1.93. The summed E-state index contributed by atoms with van der Waals surface area (Å²) in [6.45, 7) is 3.83. The molecule has 0 saturated carbocycles. The molecule has 6 nitrogen and oxygen atoms in total. The number of aromatic nitrogens is 1. The van der Waals surface area contributed by atoms with Crippen molar-refractivity contribution in [2.45, 2.75) is 38.3 Å². The first-order valence-electron chi connectivity index (χ1n) is 6.60. The minimum Gasteiger partial charge on any atom is -0.481 e. The lowest BCUT2D eigenvalue weighted by atomic mass is 9.84. The zero-order chi connectivity index (χ0) is 15.8. The minimum atomic E-state index is -1.22. The summed E-state index contributed by atoms with van der Waals surface area (Å²) in [5, 5.41) is 22.0. The first-order valence-corrected chi connectivity index (χ1v) is 7.80. The van der Waals surface area contributed by atoms with Crippen LogP contribution in [0.4, 0.5) is 0 Å². The van der Waals surface area contributed by atoms with Crippen molar-refractivity contribution in [1.82, 2.24) is 10.3 Å². The number of rotatable bonds is 5. The Hall–Kier alpha value is -1.18. The van der Waals surface area contributed by atoms with Crippen molar-refractivity contribution >= 4 is 34.9 Å². The molecule has 1 fully saturated rings. The molecule has 0 aliphatic carbocycles. The normalized spacial score (nSPS) is 29.0. The number of aliphatic carboxylic acids is 2. The number of halogens is 1. The smallest absolute Gasteiger partial charge is 0.323 e. The molecule has 8 heteroatoms. The van der Waals surface area contributed by atoms with Crippen molar-refractivity contribution in [2.75, 3.05) is 0 Å². The van der Waals surface area contributed by atoms with Crippen LogP contribution >= 0.6 is 22.9 Å². The summed E-state index contributed by atoms with van der Waals surface area (Å²) >= 11 is 6.97. The van der Waals surface area contributed by atoms with Gasteiger partial charge in [0.2, 0.25) is 0 Å². The third kappa shape index (κ3) is 3.20. The number of nitrogens with zero attached hydrogens (tertiary/aromatic N) is 1. The van der Waals surface area contributed by atoms with E-state index in [1.165, 1.54) is 17.5 Å². The Kier molecular flexibility index (Phi) is 4.55. The molecule has 1 aliphatic rings. The molecule has 21 heavy (non-hydrogen) atoms. The summed E-state index contributed by atoms with van der Waals surface area (Å²) in [6, 6.07) is -0.581. The van der Waals surface area contributed by atoms with Crippen LogP contribution < -0.4 is 5.32 Å². The number of hydrogen-bond donors (Lipinski definition) is 3. The molecule has 2 heterocycles. The Morgan fingerprint density at radius 1 is 1.57 bits per heavy atom. The van der Waals surface area contributed by atoms with Crippen molar-refractivity contribution < 1.29 is 19.8 Å². The van der Waals surface area contributed by atoms with E-state index in [1.54, 1.807) is 0 Å². The van der Waals surface area contributed by atoms with Gasteiger partial charge < -0.3 is 10.2 Å². The highest BCUT2D eigenvalue weighted by atomic mass is 35.5. The number of carboxylic acids is 2. The lowest BCUT2D eigenvalue weighted by Crippen LogP contribution is -2.49. The molecule has 0 aromatic carbocycles. The third-order valence-corrected chi connectivity index (χ3v) is 4.89. The molecule has 3 N–H and O–H groups in total. The molecule has 0 unspecified atom stereocenters. The zero-order valence-electron chi connectivity index (χ0n) is 11.7. The van der Waals surface area contributed by atoms with E-state index >= 15 is 0 Å². The van der Waals surface area contributed by atoms with Crippen LogP contribution in [0.25, 0.3) is 0 Å². The Morgan fingerprint density at radius 3 is 2.67 bits per heavy atom. The van der Waals surface area contributed by atoms with Gasteiger partial charge in [-0.25, -0.2) is 4.98 Å². The van der Waals surface area contributed by atoms with Crippen LogP contribution in [0.1, 0.15) is 37.6 Å². The van der Waals surface area contributed by atoms with Crippen molar-refractivity contribution in [3.8, 4) is 0 Å². The molecular weight excluding hydrogens is 316 g/mol. The van der Waals surface area contributed by atoms with E-state index < -0.39 is 29.4 Å². The average Bonchev–Trinajstić information content (AvgIpc) is 2.93. The van der Waals surface area contributed by atoms with Gasteiger partial charge >= 0.3 is 11.9 Å². The molecule has 116 valence electrons. The molecule has 0 spiro atoms. The Balaban J connectivity index is 2.37. The molecule has 0 radical (unpaired) electrons. The second-order valence-electron chi connectivity index (χ2n) is 5.77. The first kappa shape index (κ1) is 16.2. The van der Waals surface area contributed by atoms with Crippen LogP contribution in [0.5, 0.6) is 0 Å². The van der Waals surface area contributed by atoms with Gasteiger partial charge in [-0.15, -0.1) is 11.3 Å². The predicted octanol–water partition coefficient (Wildman–Crippen LogP) is 2.40. The van der Waals surface area contributed by atoms with Crippen LogP contribution in [0, 0.1) is 11.8 Å². The summed E-state index contributed by atoms with van der Waals surface area (Å²) in [4.78, 5) is 27.8. The quantitative estimate of drug-likeness (QED) is 0.765. The van der Waals surface area contributed by atoms with Gasteiger partial charge in [-0.05, 0) is 18.8 Å². The largest absolute Gasteiger partial charge is 0.481 e. The standard InChI is InChI=1S/C13H17ClN2O4S/c1-6(2)3-13(11(19)20)4-7(10(17)18)9(16-13)8-5-15-12(14)21-8/h5-7,9,16H,3-4H2,1-2H3,(H,17,18)(H,19,20)/t7-,9+,13-/m0/s1. The maximum absolute atomic E-state index is 11.7. The summed E-state index contributed by atoms with van der Waals surface area (Å²) in [5.41, 5.74) is -1.22. The highest BCUT2D eigenvalue weighted by molar-refractivity contribution is 7.15. The van der Waals surface area contributed by atoms with E-state index in [0.29, 0.717) is 15.8 Å². The van der Waals surface area contributed by atoms with Gasteiger partial charge in [-0.1, -0.05) is 25.4 Å². The maximum Gasteiger partial charge on any atom is 0.323 e. The van der Waals surface area contributed by atoms with Crippen LogP contribution in [-0.2, 0) is 9.59 Å². The number of hydrogen-bond acceptors (Lipinski definition) is 5. The predicted molar refractivity (Wildman–Crippen MR) is 78.6 cm³/mol. The van der Waals surface area contributed by atoms with Gasteiger partial charge in [0.25, 0.3) is 0 Å². The molecule has 1 aromatic rings. The van der Waals surface area contributed by atoms with Crippen molar-refractivity contribution in [3.63, 3.8) is 0 Å². The fourth-order valence-corrected chi connectivity index (χ4v) is 4.00. The van der Waals surface area contributed by atoms with Crippen LogP contribution in [-0.4, -0.2) is 32.7 Å². The van der Waals surface area contributed by atoms with E-state index in [2.05, 4.69) is 10.3 Å². The van der Waals surface area contributed by atoms with E-state index in [4.69, 9.17) is 11.6 Å². The molecular formula is C13H17ClN2O4S. The Labute approximate surface area is 131 Å². The highest BCUT2D eigenvalue weighted by Crippen LogP contribution is 2.43. The second-order valence-corrected chi connectivity index (χ2v) is 7.42. The van der Waals surface area contributed by atoms with Crippen molar-refractivity contribution in [3.05, 3.63) is 15.5 Å². The number of carbonyl (C=O) groups is 2. The molecule has 2 rings (SSSR count). The fraction of sp³-hybridized carbons (Fsp3) is 0.615. The van der Waals surface area contributed by atoms with Crippen molar-refractivity contribution in [2.24, 2.45) is 11.8 Å². The van der Waals surface area contributed by atoms with Crippen LogP contribution in [0.2, 0.25) is 4.47 Å². The molecule has 1 aromatic heterocycles. The number of nitrogens with one attached hydrogen (secondary N) is 1. The monoisotopic (exact) mass is 332 g/mol. The van der Waals surface area contributed by atoms with Gasteiger partial charge in [-0.2, -0.15) is 0 Å². The topological polar surface area (TPSA) is 99.5 Å².